The van der Waals surface area contributed by atoms with E-state index in [0.717, 1.165) is 5.56 Å². The Morgan fingerprint density at radius 3 is 2.32 bits per heavy atom. The molecule has 0 atom stereocenters. The van der Waals surface area contributed by atoms with Crippen LogP contribution in [0.1, 0.15) is 28.8 Å². The van der Waals surface area contributed by atoms with Gasteiger partial charge in [-0.1, -0.05) is 29.0 Å². The van der Waals surface area contributed by atoms with Crippen molar-refractivity contribution in [2.75, 3.05) is 27.3 Å². The number of ether oxygens (including phenoxy) is 2. The molecule has 0 spiro atoms. The van der Waals surface area contributed by atoms with Crippen LogP contribution in [-0.4, -0.2) is 62.4 Å². The largest absolute Gasteiger partial charge is 0.468 e. The molecule has 2 heterocycles. The van der Waals surface area contributed by atoms with Gasteiger partial charge >= 0.3 is 11.9 Å². The van der Waals surface area contributed by atoms with Crippen molar-refractivity contribution in [3.05, 3.63) is 58.4 Å². The van der Waals surface area contributed by atoms with Gasteiger partial charge in [-0.2, -0.15) is 9.30 Å². The molecular formula is C25H27N3O7S2. The molecule has 4 rings (SSSR count). The van der Waals surface area contributed by atoms with Gasteiger partial charge in [0.15, 0.2) is 4.80 Å². The fraction of sp³-hybridized carbons (Fsp3) is 0.360. The molecule has 1 aliphatic rings. The minimum Gasteiger partial charge on any atom is -0.468 e. The van der Waals surface area contributed by atoms with Gasteiger partial charge in [0.1, 0.15) is 6.54 Å². The zero-order valence-electron chi connectivity index (χ0n) is 20.7. The number of piperidine rings is 1. The number of nitrogens with zero attached hydrogens (tertiary/aromatic N) is 3. The third-order valence-corrected chi connectivity index (χ3v) is 9.24. The average Bonchev–Trinajstić information content (AvgIpc) is 3.23. The molecule has 10 nitrogen and oxygen atoms in total. The molecule has 2 aromatic carbocycles. The van der Waals surface area contributed by atoms with Crippen LogP contribution in [0, 0.1) is 12.8 Å². The second kappa shape index (κ2) is 11.0. The summed E-state index contributed by atoms with van der Waals surface area (Å²) in [5.74, 6) is -1.85. The standard InChI is InChI=1S/C25H27N3O7S2/c1-16-4-7-19(8-5-16)37(32,33)27-12-10-17(11-13-27)23(30)26-25-28(15-22(29)34-2)20-9-6-18(24(31)35-3)14-21(20)36-25/h4-9,14,17H,10-13,15H2,1-3H3. The Balaban J connectivity index is 1.58. The van der Waals surface area contributed by atoms with Crippen molar-refractivity contribution in [3.8, 4) is 0 Å². The number of aryl methyl sites for hydroxylation is 1. The number of methoxy groups -OCH3 is 2. The topological polar surface area (TPSA) is 124 Å². The Morgan fingerprint density at radius 1 is 1.03 bits per heavy atom. The van der Waals surface area contributed by atoms with Crippen LogP contribution in [0.2, 0.25) is 0 Å². The predicted octanol–water partition coefficient (Wildman–Crippen LogP) is 2.50. The molecular weight excluding hydrogens is 518 g/mol. The molecule has 196 valence electrons. The highest BCUT2D eigenvalue weighted by molar-refractivity contribution is 7.89. The second-order valence-electron chi connectivity index (χ2n) is 8.66. The van der Waals surface area contributed by atoms with Gasteiger partial charge in [-0.25, -0.2) is 13.2 Å². The third kappa shape index (κ3) is 5.65. The predicted molar refractivity (Wildman–Crippen MR) is 136 cm³/mol. The molecule has 12 heteroatoms. The highest BCUT2D eigenvalue weighted by atomic mass is 32.2. The Kier molecular flexibility index (Phi) is 7.90. The van der Waals surface area contributed by atoms with Gasteiger partial charge in [-0.15, -0.1) is 0 Å². The van der Waals surface area contributed by atoms with Crippen LogP contribution in [0.5, 0.6) is 0 Å². The first kappa shape index (κ1) is 26.7. The summed E-state index contributed by atoms with van der Waals surface area (Å²) >= 11 is 1.17. The molecule has 1 fully saturated rings. The summed E-state index contributed by atoms with van der Waals surface area (Å²) in [6, 6.07) is 11.5. The lowest BCUT2D eigenvalue weighted by Crippen LogP contribution is -2.40. The first-order valence-corrected chi connectivity index (χ1v) is 13.8. The number of carbonyl (C=O) groups excluding carboxylic acids is 3. The number of thiazole rings is 1. The first-order chi connectivity index (χ1) is 17.6. The summed E-state index contributed by atoms with van der Waals surface area (Å²) in [6.07, 6.45) is 0.670. The molecule has 0 N–H and O–H groups in total. The molecule has 3 aromatic rings. The number of benzene rings is 2. The molecule has 0 bridgehead atoms. The van der Waals surface area contributed by atoms with Gasteiger partial charge in [0.05, 0.1) is 34.9 Å². The van der Waals surface area contributed by atoms with E-state index in [1.807, 2.05) is 6.92 Å². The highest BCUT2D eigenvalue weighted by Gasteiger charge is 2.32. The fourth-order valence-electron chi connectivity index (χ4n) is 4.14. The molecule has 37 heavy (non-hydrogen) atoms. The van der Waals surface area contributed by atoms with E-state index in [4.69, 9.17) is 9.47 Å². The van der Waals surface area contributed by atoms with E-state index in [0.29, 0.717) is 33.4 Å². The summed E-state index contributed by atoms with van der Waals surface area (Å²) in [7, 11) is -1.08. The fourth-order valence-corrected chi connectivity index (χ4v) is 6.68. The Hall–Kier alpha value is -3.35. The number of sulfonamides is 1. The second-order valence-corrected chi connectivity index (χ2v) is 11.6. The van der Waals surface area contributed by atoms with Crippen molar-refractivity contribution >= 4 is 49.4 Å². The van der Waals surface area contributed by atoms with Gasteiger partial charge in [0.2, 0.25) is 10.0 Å². The van der Waals surface area contributed by atoms with E-state index in [-0.39, 0.29) is 30.4 Å². The minimum atomic E-state index is -3.64. The van der Waals surface area contributed by atoms with Gasteiger partial charge in [-0.05, 0) is 50.1 Å². The van der Waals surface area contributed by atoms with Crippen LogP contribution in [0.25, 0.3) is 10.2 Å². The van der Waals surface area contributed by atoms with Crippen LogP contribution in [0.15, 0.2) is 52.4 Å². The molecule has 1 aliphatic heterocycles. The molecule has 0 radical (unpaired) electrons. The summed E-state index contributed by atoms with van der Waals surface area (Å²) < 4.78 is 39.1. The van der Waals surface area contributed by atoms with E-state index in [1.165, 1.54) is 29.9 Å². The number of hydrogen-bond donors (Lipinski definition) is 0. The zero-order chi connectivity index (χ0) is 26.7. The van der Waals surface area contributed by atoms with Crippen molar-refractivity contribution in [1.29, 1.82) is 0 Å². The van der Waals surface area contributed by atoms with Crippen LogP contribution in [0.3, 0.4) is 0 Å². The van der Waals surface area contributed by atoms with Crippen LogP contribution >= 0.6 is 11.3 Å². The van der Waals surface area contributed by atoms with Crippen molar-refractivity contribution in [1.82, 2.24) is 8.87 Å². The van der Waals surface area contributed by atoms with Crippen molar-refractivity contribution in [2.24, 2.45) is 10.9 Å². The SMILES string of the molecule is COC(=O)Cn1c(=NC(=O)C2CCN(S(=O)(=O)c3ccc(C)cc3)CC2)sc2cc(C(=O)OC)ccc21. The number of rotatable bonds is 6. The molecule has 0 unspecified atom stereocenters. The molecule has 1 aromatic heterocycles. The van der Waals surface area contributed by atoms with Crippen molar-refractivity contribution in [2.45, 2.75) is 31.2 Å². The molecule has 0 aliphatic carbocycles. The lowest BCUT2D eigenvalue weighted by Gasteiger charge is -2.29. The number of carbonyl (C=O) groups is 3. The lowest BCUT2D eigenvalue weighted by atomic mass is 9.98. The normalized spacial score (nSPS) is 15.6. The highest BCUT2D eigenvalue weighted by Crippen LogP contribution is 2.25. The molecule has 1 amide bonds. The zero-order valence-corrected chi connectivity index (χ0v) is 22.3. The minimum absolute atomic E-state index is 0.159. The van der Waals surface area contributed by atoms with E-state index in [9.17, 15) is 22.8 Å². The number of amides is 1. The van der Waals surface area contributed by atoms with E-state index in [2.05, 4.69) is 4.99 Å². The summed E-state index contributed by atoms with van der Waals surface area (Å²) in [4.78, 5) is 41.9. The molecule has 1 saturated heterocycles. The van der Waals surface area contributed by atoms with Crippen LogP contribution in [-0.2, 0) is 35.6 Å². The van der Waals surface area contributed by atoms with Gasteiger partial charge in [-0.3, -0.25) is 9.59 Å². The van der Waals surface area contributed by atoms with E-state index < -0.39 is 27.9 Å². The van der Waals surface area contributed by atoms with E-state index >= 15 is 0 Å². The number of fused-ring (bicyclic) bond motifs is 1. The maximum atomic E-state index is 13.1. The van der Waals surface area contributed by atoms with Gasteiger partial charge in [0.25, 0.3) is 5.91 Å². The average molecular weight is 546 g/mol. The number of hydrogen-bond acceptors (Lipinski definition) is 8. The summed E-state index contributed by atoms with van der Waals surface area (Å²) in [5.41, 5.74) is 1.92. The van der Waals surface area contributed by atoms with Crippen molar-refractivity contribution in [3.63, 3.8) is 0 Å². The van der Waals surface area contributed by atoms with Gasteiger partial charge < -0.3 is 14.0 Å². The van der Waals surface area contributed by atoms with Crippen LogP contribution < -0.4 is 4.80 Å². The molecule has 0 saturated carbocycles. The monoisotopic (exact) mass is 545 g/mol. The summed E-state index contributed by atoms with van der Waals surface area (Å²) in [6.45, 7) is 2.15. The summed E-state index contributed by atoms with van der Waals surface area (Å²) in [5, 5.41) is 0. The number of esters is 2. The van der Waals surface area contributed by atoms with Crippen LogP contribution in [0.4, 0.5) is 0 Å². The maximum Gasteiger partial charge on any atom is 0.337 e. The van der Waals surface area contributed by atoms with E-state index in [1.54, 1.807) is 47.0 Å². The Morgan fingerprint density at radius 2 is 1.70 bits per heavy atom. The quantitative estimate of drug-likeness (QED) is 0.436. The van der Waals surface area contributed by atoms with Crippen molar-refractivity contribution < 1.29 is 32.3 Å². The Bertz CT molecular complexity index is 1510. The number of aromatic nitrogens is 1. The maximum absolute atomic E-state index is 13.1. The van der Waals surface area contributed by atoms with Gasteiger partial charge in [0, 0.05) is 19.0 Å². The third-order valence-electron chi connectivity index (χ3n) is 6.29. The first-order valence-electron chi connectivity index (χ1n) is 11.6. The Labute approximate surface area is 218 Å². The lowest BCUT2D eigenvalue weighted by molar-refractivity contribution is -0.141. The smallest absolute Gasteiger partial charge is 0.337 e.